The number of fused-ring (bicyclic) bond motifs is 2. The molecule has 0 fully saturated rings. The van der Waals surface area contributed by atoms with E-state index >= 15 is 0 Å². The van der Waals surface area contributed by atoms with Gasteiger partial charge in [0.1, 0.15) is 5.82 Å². The summed E-state index contributed by atoms with van der Waals surface area (Å²) < 4.78 is 0.986. The van der Waals surface area contributed by atoms with Crippen LogP contribution in [-0.2, 0) is 0 Å². The van der Waals surface area contributed by atoms with E-state index in [1.807, 2.05) is 72.8 Å². The number of hydrogen-bond donors (Lipinski definition) is 1. The highest BCUT2D eigenvalue weighted by atomic mass is 79.9. The summed E-state index contributed by atoms with van der Waals surface area (Å²) in [6.45, 7) is 0. The standard InChI is InChI=1S/C25H16BrClN4/c26-18-8-10-24-21(13-18)20(19-5-1-2-6-22(19)27)14-25(30-24)31-29-15-16-7-9-23-17(12-16)4-3-11-28-23/h1-15H,(H,30,31)/b29-15+. The fourth-order valence-corrected chi connectivity index (χ4v) is 4.10. The minimum atomic E-state index is 0.642. The maximum absolute atomic E-state index is 6.50. The van der Waals surface area contributed by atoms with Crippen molar-refractivity contribution < 1.29 is 0 Å². The third kappa shape index (κ3) is 4.15. The van der Waals surface area contributed by atoms with Crippen molar-refractivity contribution in [1.82, 2.24) is 9.97 Å². The first-order valence-corrected chi connectivity index (χ1v) is 10.8. The Labute approximate surface area is 192 Å². The summed E-state index contributed by atoms with van der Waals surface area (Å²) in [5, 5.41) is 7.17. The minimum absolute atomic E-state index is 0.642. The number of nitrogens with one attached hydrogen (secondary N) is 1. The smallest absolute Gasteiger partial charge is 0.147 e. The van der Waals surface area contributed by atoms with Crippen LogP contribution in [0.4, 0.5) is 5.82 Å². The van der Waals surface area contributed by atoms with Gasteiger partial charge in [-0.2, -0.15) is 5.10 Å². The molecule has 0 saturated heterocycles. The summed E-state index contributed by atoms with van der Waals surface area (Å²) >= 11 is 10.1. The molecule has 0 aliphatic heterocycles. The largest absolute Gasteiger partial charge is 0.261 e. The van der Waals surface area contributed by atoms with Gasteiger partial charge in [0, 0.05) is 32.0 Å². The van der Waals surface area contributed by atoms with Crippen molar-refractivity contribution in [3.05, 3.63) is 100 Å². The Bertz CT molecular complexity index is 1450. The van der Waals surface area contributed by atoms with E-state index in [0.29, 0.717) is 10.8 Å². The number of rotatable bonds is 4. The van der Waals surface area contributed by atoms with E-state index in [2.05, 4.69) is 37.5 Å². The van der Waals surface area contributed by atoms with Gasteiger partial charge in [-0.05, 0) is 59.7 Å². The predicted octanol–water partition coefficient (Wildman–Crippen LogP) is 7.31. The van der Waals surface area contributed by atoms with Gasteiger partial charge >= 0.3 is 0 Å². The predicted molar refractivity (Wildman–Crippen MR) is 133 cm³/mol. The van der Waals surface area contributed by atoms with Gasteiger partial charge in [-0.15, -0.1) is 0 Å². The highest BCUT2D eigenvalue weighted by Gasteiger charge is 2.11. The molecule has 150 valence electrons. The van der Waals surface area contributed by atoms with E-state index in [-0.39, 0.29) is 0 Å². The van der Waals surface area contributed by atoms with Gasteiger partial charge in [0.25, 0.3) is 0 Å². The van der Waals surface area contributed by atoms with E-state index in [4.69, 9.17) is 16.6 Å². The molecule has 4 nitrogen and oxygen atoms in total. The number of pyridine rings is 2. The molecular formula is C25H16BrClN4. The van der Waals surface area contributed by atoms with Crippen molar-refractivity contribution in [3.63, 3.8) is 0 Å². The van der Waals surface area contributed by atoms with E-state index < -0.39 is 0 Å². The molecule has 2 heterocycles. The lowest BCUT2D eigenvalue weighted by Crippen LogP contribution is -1.96. The molecule has 0 amide bonds. The number of halogens is 2. The van der Waals surface area contributed by atoms with Gasteiger partial charge in [-0.3, -0.25) is 10.4 Å². The molecule has 3 aromatic carbocycles. The van der Waals surface area contributed by atoms with Crippen LogP contribution in [0.5, 0.6) is 0 Å². The second-order valence-corrected chi connectivity index (χ2v) is 8.34. The van der Waals surface area contributed by atoms with Crippen molar-refractivity contribution in [2.24, 2.45) is 5.10 Å². The minimum Gasteiger partial charge on any atom is -0.261 e. The summed E-state index contributed by atoms with van der Waals surface area (Å²) in [7, 11) is 0. The lowest BCUT2D eigenvalue weighted by Gasteiger charge is -2.11. The second-order valence-electron chi connectivity index (χ2n) is 7.02. The lowest BCUT2D eigenvalue weighted by molar-refractivity contribution is 1.26. The normalized spacial score (nSPS) is 11.4. The SMILES string of the molecule is Clc1ccccc1-c1cc(N/N=C/c2ccc3ncccc3c2)nc2ccc(Br)cc12. The first-order valence-electron chi connectivity index (χ1n) is 9.66. The van der Waals surface area contributed by atoms with Crippen LogP contribution in [0.2, 0.25) is 5.02 Å². The molecule has 1 N–H and O–H groups in total. The first kappa shape index (κ1) is 19.7. The zero-order chi connectivity index (χ0) is 21.2. The van der Waals surface area contributed by atoms with Gasteiger partial charge in [0.15, 0.2) is 0 Å². The monoisotopic (exact) mass is 486 g/mol. The van der Waals surface area contributed by atoms with E-state index in [9.17, 15) is 0 Å². The quantitative estimate of drug-likeness (QED) is 0.213. The molecule has 0 unspecified atom stereocenters. The Hall–Kier alpha value is -3.28. The Morgan fingerprint density at radius 1 is 0.871 bits per heavy atom. The number of aromatic nitrogens is 2. The third-order valence-corrected chi connectivity index (χ3v) is 5.78. The van der Waals surface area contributed by atoms with Crippen LogP contribution in [0.25, 0.3) is 32.9 Å². The van der Waals surface area contributed by atoms with Gasteiger partial charge < -0.3 is 0 Å². The Morgan fingerprint density at radius 2 is 1.74 bits per heavy atom. The van der Waals surface area contributed by atoms with Crippen LogP contribution in [0.3, 0.4) is 0 Å². The van der Waals surface area contributed by atoms with Crippen molar-refractivity contribution in [2.75, 3.05) is 5.43 Å². The Balaban J connectivity index is 1.51. The fraction of sp³-hybridized carbons (Fsp3) is 0. The molecule has 0 spiro atoms. The van der Waals surface area contributed by atoms with Crippen LogP contribution in [0, 0.1) is 0 Å². The molecule has 0 aliphatic carbocycles. The zero-order valence-corrected chi connectivity index (χ0v) is 18.6. The maximum Gasteiger partial charge on any atom is 0.147 e. The number of benzene rings is 3. The summed E-state index contributed by atoms with van der Waals surface area (Å²) in [6, 6.07) is 25.8. The molecule has 6 heteroatoms. The van der Waals surface area contributed by atoms with Crippen LogP contribution < -0.4 is 5.43 Å². The fourth-order valence-electron chi connectivity index (χ4n) is 3.51. The maximum atomic E-state index is 6.50. The molecule has 0 bridgehead atoms. The number of hydrazone groups is 1. The molecule has 0 radical (unpaired) electrons. The van der Waals surface area contributed by atoms with Crippen LogP contribution in [0.15, 0.2) is 94.6 Å². The van der Waals surface area contributed by atoms with Crippen molar-refractivity contribution in [1.29, 1.82) is 0 Å². The van der Waals surface area contributed by atoms with Gasteiger partial charge in [0.2, 0.25) is 0 Å². The number of anilines is 1. The van der Waals surface area contributed by atoms with Crippen LogP contribution in [-0.4, -0.2) is 16.2 Å². The summed E-state index contributed by atoms with van der Waals surface area (Å²) in [4.78, 5) is 9.06. The highest BCUT2D eigenvalue weighted by molar-refractivity contribution is 9.10. The molecule has 0 atom stereocenters. The van der Waals surface area contributed by atoms with Gasteiger partial charge in [0.05, 0.1) is 17.2 Å². The summed E-state index contributed by atoms with van der Waals surface area (Å²) in [5.41, 5.74) is 7.80. The molecule has 5 aromatic rings. The number of nitrogens with zero attached hydrogens (tertiary/aromatic N) is 3. The first-order chi connectivity index (χ1) is 15.2. The molecule has 0 saturated carbocycles. The van der Waals surface area contributed by atoms with Gasteiger partial charge in [-0.1, -0.05) is 57.9 Å². The van der Waals surface area contributed by atoms with Gasteiger partial charge in [-0.25, -0.2) is 4.98 Å². The average Bonchev–Trinajstić information content (AvgIpc) is 2.79. The van der Waals surface area contributed by atoms with E-state index in [1.165, 1.54) is 0 Å². The van der Waals surface area contributed by atoms with E-state index in [1.54, 1.807) is 12.4 Å². The summed E-state index contributed by atoms with van der Waals surface area (Å²) in [5.74, 6) is 0.642. The van der Waals surface area contributed by atoms with Crippen LogP contribution >= 0.6 is 27.5 Å². The Morgan fingerprint density at radius 3 is 2.65 bits per heavy atom. The number of hydrogen-bond acceptors (Lipinski definition) is 4. The molecule has 0 aliphatic rings. The second kappa shape index (κ2) is 8.46. The molecule has 5 rings (SSSR count). The van der Waals surface area contributed by atoms with Crippen molar-refractivity contribution in [3.8, 4) is 11.1 Å². The third-order valence-electron chi connectivity index (χ3n) is 4.95. The highest BCUT2D eigenvalue weighted by Crippen LogP contribution is 2.35. The van der Waals surface area contributed by atoms with Crippen LogP contribution in [0.1, 0.15) is 5.56 Å². The Kier molecular flexibility index (Phi) is 5.37. The molecule has 31 heavy (non-hydrogen) atoms. The molecule has 2 aromatic heterocycles. The topological polar surface area (TPSA) is 50.2 Å². The lowest BCUT2D eigenvalue weighted by atomic mass is 10.0. The average molecular weight is 488 g/mol. The van der Waals surface area contributed by atoms with Crippen molar-refractivity contribution in [2.45, 2.75) is 0 Å². The van der Waals surface area contributed by atoms with E-state index in [0.717, 1.165) is 43.0 Å². The van der Waals surface area contributed by atoms with Crippen molar-refractivity contribution >= 4 is 61.4 Å². The molecular weight excluding hydrogens is 472 g/mol. The summed E-state index contributed by atoms with van der Waals surface area (Å²) in [6.07, 6.45) is 3.56. The zero-order valence-electron chi connectivity index (χ0n) is 16.3.